The lowest BCUT2D eigenvalue weighted by atomic mass is 10.3. The van der Waals surface area contributed by atoms with Crippen molar-refractivity contribution >= 4 is 38.3 Å². The van der Waals surface area contributed by atoms with Crippen LogP contribution in [0.15, 0.2) is 28.7 Å². The molecule has 0 saturated carbocycles. The van der Waals surface area contributed by atoms with Gasteiger partial charge in [-0.05, 0) is 37.6 Å². The second-order valence-electron chi connectivity index (χ2n) is 4.06. The van der Waals surface area contributed by atoms with Gasteiger partial charge in [0.05, 0.1) is 0 Å². The molecule has 0 aliphatic heterocycles. The molecule has 1 amide bonds. The molecule has 7 heteroatoms. The van der Waals surface area contributed by atoms with Crippen LogP contribution in [0, 0.1) is 0 Å². The zero-order valence-corrected chi connectivity index (χ0v) is 13.5. The Morgan fingerprint density at radius 1 is 1.40 bits per heavy atom. The summed E-state index contributed by atoms with van der Waals surface area (Å²) >= 11 is 4.72. The monoisotopic (exact) mass is 355 g/mol. The largest absolute Gasteiger partial charge is 0.481 e. The Bertz CT molecular complexity index is 586. The van der Waals surface area contributed by atoms with Crippen molar-refractivity contribution < 1.29 is 9.53 Å². The number of rotatable bonds is 5. The molecule has 1 aromatic heterocycles. The first-order valence-corrected chi connectivity index (χ1v) is 7.75. The summed E-state index contributed by atoms with van der Waals surface area (Å²) in [6.45, 7) is 3.69. The molecule has 0 radical (unpaired) electrons. The molecule has 0 unspecified atom stereocenters. The van der Waals surface area contributed by atoms with Crippen molar-refractivity contribution in [2.24, 2.45) is 0 Å². The van der Waals surface area contributed by atoms with E-state index in [4.69, 9.17) is 4.74 Å². The van der Waals surface area contributed by atoms with Crippen LogP contribution in [0.4, 0.5) is 5.13 Å². The van der Waals surface area contributed by atoms with E-state index in [0.29, 0.717) is 10.9 Å². The Kier molecular flexibility index (Phi) is 5.08. The van der Waals surface area contributed by atoms with Crippen molar-refractivity contribution in [2.45, 2.75) is 26.4 Å². The predicted molar refractivity (Wildman–Crippen MR) is 82.1 cm³/mol. The molecule has 1 N–H and O–H groups in total. The van der Waals surface area contributed by atoms with Crippen molar-refractivity contribution in [3.8, 4) is 5.75 Å². The Morgan fingerprint density at radius 3 is 2.70 bits per heavy atom. The van der Waals surface area contributed by atoms with Gasteiger partial charge < -0.3 is 4.74 Å². The molecule has 1 heterocycles. The van der Waals surface area contributed by atoms with Crippen LogP contribution in [-0.2, 0) is 11.2 Å². The number of halogens is 1. The zero-order chi connectivity index (χ0) is 14.5. The topological polar surface area (TPSA) is 64.1 Å². The molecular weight excluding hydrogens is 342 g/mol. The Hall–Kier alpha value is -1.47. The second-order valence-corrected chi connectivity index (χ2v) is 6.04. The smallest absolute Gasteiger partial charge is 0.266 e. The van der Waals surface area contributed by atoms with E-state index in [0.717, 1.165) is 15.9 Å². The van der Waals surface area contributed by atoms with Gasteiger partial charge in [0.1, 0.15) is 10.8 Å². The van der Waals surface area contributed by atoms with Crippen molar-refractivity contribution in [2.75, 3.05) is 5.32 Å². The number of nitrogens with zero attached hydrogens (tertiary/aromatic N) is 2. The van der Waals surface area contributed by atoms with Gasteiger partial charge in [-0.15, -0.1) is 10.2 Å². The molecule has 2 aromatic rings. The third-order valence-corrected chi connectivity index (χ3v) is 4.01. The summed E-state index contributed by atoms with van der Waals surface area (Å²) in [5.74, 6) is 0.397. The fourth-order valence-electron chi connectivity index (χ4n) is 1.42. The van der Waals surface area contributed by atoms with E-state index in [1.54, 1.807) is 19.1 Å². The standard InChI is InChI=1S/C13H14BrN3O2S/c1-3-11-16-17-13(20-11)15-12(18)8(2)19-10-6-4-9(14)5-7-10/h4-8H,3H2,1-2H3,(H,15,17,18)/t8-/m0/s1. The van der Waals surface area contributed by atoms with Gasteiger partial charge in [0.2, 0.25) is 5.13 Å². The number of benzene rings is 1. The number of carbonyl (C=O) groups is 1. The van der Waals surface area contributed by atoms with Crippen LogP contribution in [0.2, 0.25) is 0 Å². The van der Waals surface area contributed by atoms with Crippen LogP contribution in [0.25, 0.3) is 0 Å². The van der Waals surface area contributed by atoms with E-state index in [2.05, 4.69) is 31.4 Å². The number of nitrogens with one attached hydrogen (secondary N) is 1. The maximum Gasteiger partial charge on any atom is 0.266 e. The first-order valence-electron chi connectivity index (χ1n) is 6.14. The summed E-state index contributed by atoms with van der Waals surface area (Å²) in [5.41, 5.74) is 0. The number of ether oxygens (including phenoxy) is 1. The van der Waals surface area contributed by atoms with Gasteiger partial charge in [-0.1, -0.05) is 34.2 Å². The zero-order valence-electron chi connectivity index (χ0n) is 11.1. The summed E-state index contributed by atoms with van der Waals surface area (Å²) in [7, 11) is 0. The molecule has 0 fully saturated rings. The maximum atomic E-state index is 12.0. The summed E-state index contributed by atoms with van der Waals surface area (Å²) in [5, 5.41) is 11.9. The third-order valence-electron chi connectivity index (χ3n) is 2.50. The molecule has 0 spiro atoms. The number of hydrogen-bond acceptors (Lipinski definition) is 5. The lowest BCUT2D eigenvalue weighted by molar-refractivity contribution is -0.122. The van der Waals surface area contributed by atoms with Gasteiger partial charge in [0, 0.05) is 4.47 Å². The summed E-state index contributed by atoms with van der Waals surface area (Å²) in [6, 6.07) is 7.32. The average Bonchev–Trinajstić information content (AvgIpc) is 2.89. The van der Waals surface area contributed by atoms with Crippen LogP contribution in [0.3, 0.4) is 0 Å². The van der Waals surface area contributed by atoms with Crippen molar-refractivity contribution in [3.63, 3.8) is 0 Å². The summed E-state index contributed by atoms with van der Waals surface area (Å²) in [4.78, 5) is 12.0. The number of hydrogen-bond donors (Lipinski definition) is 1. The molecule has 5 nitrogen and oxygen atoms in total. The molecule has 0 bridgehead atoms. The minimum absolute atomic E-state index is 0.244. The number of amides is 1. The van der Waals surface area contributed by atoms with Crippen LogP contribution in [0.5, 0.6) is 5.75 Å². The molecule has 1 aromatic carbocycles. The lowest BCUT2D eigenvalue weighted by Crippen LogP contribution is -2.30. The van der Waals surface area contributed by atoms with E-state index in [1.165, 1.54) is 11.3 Å². The quantitative estimate of drug-likeness (QED) is 0.893. The predicted octanol–water partition coefficient (Wildman–Crippen LogP) is 3.27. The lowest BCUT2D eigenvalue weighted by Gasteiger charge is -2.13. The number of carbonyl (C=O) groups excluding carboxylic acids is 1. The molecule has 2 rings (SSSR count). The highest BCUT2D eigenvalue weighted by Crippen LogP contribution is 2.19. The van der Waals surface area contributed by atoms with Gasteiger partial charge in [0.25, 0.3) is 5.91 Å². The van der Waals surface area contributed by atoms with Crippen LogP contribution in [-0.4, -0.2) is 22.2 Å². The number of anilines is 1. The second kappa shape index (κ2) is 6.81. The van der Waals surface area contributed by atoms with Crippen LogP contribution in [0.1, 0.15) is 18.9 Å². The van der Waals surface area contributed by atoms with Gasteiger partial charge >= 0.3 is 0 Å². The molecule has 106 valence electrons. The van der Waals surface area contributed by atoms with E-state index >= 15 is 0 Å². The van der Waals surface area contributed by atoms with Gasteiger partial charge in [0.15, 0.2) is 6.10 Å². The molecular formula is C13H14BrN3O2S. The van der Waals surface area contributed by atoms with Gasteiger partial charge in [-0.25, -0.2) is 0 Å². The van der Waals surface area contributed by atoms with Crippen molar-refractivity contribution in [1.29, 1.82) is 0 Å². The number of aryl methyl sites for hydroxylation is 1. The molecule has 20 heavy (non-hydrogen) atoms. The van der Waals surface area contributed by atoms with E-state index < -0.39 is 6.10 Å². The minimum atomic E-state index is -0.606. The first kappa shape index (κ1) is 14.9. The van der Waals surface area contributed by atoms with Gasteiger partial charge in [-0.2, -0.15) is 0 Å². The highest BCUT2D eigenvalue weighted by molar-refractivity contribution is 9.10. The van der Waals surface area contributed by atoms with E-state index in [9.17, 15) is 4.79 Å². The molecule has 1 atom stereocenters. The normalized spacial score (nSPS) is 11.9. The fourth-order valence-corrected chi connectivity index (χ4v) is 2.37. The highest BCUT2D eigenvalue weighted by Gasteiger charge is 2.16. The summed E-state index contributed by atoms with van der Waals surface area (Å²) < 4.78 is 6.52. The average molecular weight is 356 g/mol. The van der Waals surface area contributed by atoms with E-state index in [1.807, 2.05) is 19.1 Å². The van der Waals surface area contributed by atoms with Crippen molar-refractivity contribution in [3.05, 3.63) is 33.7 Å². The van der Waals surface area contributed by atoms with Crippen LogP contribution < -0.4 is 10.1 Å². The summed E-state index contributed by atoms with van der Waals surface area (Å²) in [6.07, 6.45) is 0.198. The highest BCUT2D eigenvalue weighted by atomic mass is 79.9. The first-order chi connectivity index (χ1) is 9.58. The minimum Gasteiger partial charge on any atom is -0.481 e. The van der Waals surface area contributed by atoms with Crippen LogP contribution >= 0.6 is 27.3 Å². The van der Waals surface area contributed by atoms with E-state index in [-0.39, 0.29) is 5.91 Å². The molecule has 0 saturated heterocycles. The Labute approximate surface area is 129 Å². The molecule has 0 aliphatic rings. The Morgan fingerprint density at radius 2 is 2.10 bits per heavy atom. The van der Waals surface area contributed by atoms with Gasteiger partial charge in [-0.3, -0.25) is 10.1 Å². The Balaban J connectivity index is 1.93. The SMILES string of the molecule is CCc1nnc(NC(=O)[C@H](C)Oc2ccc(Br)cc2)s1. The van der Waals surface area contributed by atoms with Crippen molar-refractivity contribution in [1.82, 2.24) is 10.2 Å². The molecule has 0 aliphatic carbocycles. The fraction of sp³-hybridized carbons (Fsp3) is 0.308. The number of aromatic nitrogens is 2. The third kappa shape index (κ3) is 4.01. The maximum absolute atomic E-state index is 12.0.